The van der Waals surface area contributed by atoms with Crippen molar-refractivity contribution < 1.29 is 19.1 Å². The minimum absolute atomic E-state index is 0.0484. The van der Waals surface area contributed by atoms with Crippen LogP contribution >= 0.6 is 11.6 Å². The summed E-state index contributed by atoms with van der Waals surface area (Å²) in [5.74, 6) is 1.88. The molecular weight excluding hydrogens is 718 g/mol. The van der Waals surface area contributed by atoms with E-state index < -0.39 is 0 Å². The van der Waals surface area contributed by atoms with E-state index in [9.17, 15) is 14.4 Å². The molecule has 4 aliphatic rings. The van der Waals surface area contributed by atoms with Crippen LogP contribution in [0.3, 0.4) is 0 Å². The molecule has 2 N–H and O–H groups in total. The zero-order valence-corrected chi connectivity index (χ0v) is 31.6. The Morgan fingerprint density at radius 2 is 1.75 bits per heavy atom. The predicted molar refractivity (Wildman–Crippen MR) is 209 cm³/mol. The largest absolute Gasteiger partial charge is 0.490 e. The number of urea groups is 1. The zero-order valence-electron chi connectivity index (χ0n) is 30.8. The first kappa shape index (κ1) is 36.8. The molecule has 13 nitrogen and oxygen atoms in total. The summed E-state index contributed by atoms with van der Waals surface area (Å²) in [6.45, 7) is 5.41. The fourth-order valence-corrected chi connectivity index (χ4v) is 8.80. The molecule has 0 atom stereocenters. The summed E-state index contributed by atoms with van der Waals surface area (Å²) >= 11 is 6.15. The van der Waals surface area contributed by atoms with E-state index >= 15 is 0 Å². The molecule has 2 aromatic heterocycles. The van der Waals surface area contributed by atoms with E-state index in [1.165, 1.54) is 0 Å². The van der Waals surface area contributed by atoms with Crippen LogP contribution in [0.15, 0.2) is 60.9 Å². The summed E-state index contributed by atoms with van der Waals surface area (Å²) in [5.41, 5.74) is 2.81. The number of benzene rings is 2. The fourth-order valence-electron chi connectivity index (χ4n) is 8.59. The standard InChI is InChI=1S/C41H46ClN9O4/c42-35-22-33(8-4-28(35)23-43)55-32-9-6-30(7-10-32)46-40(53)29-5-11-38(44-24-29)49-19-12-27(13-20-49)26-48-17-14-31(15-18-48)51-37-3-1-2-36(34(37)25-45-51)50-21-16-39(52)47-41(50)54/h1-5,8,11,22,24-25,27,30-32H,6-7,9-10,12-21,26H2,(H,46,53)(H,47,52,54). The molecule has 5 heterocycles. The van der Waals surface area contributed by atoms with Gasteiger partial charge in [0.05, 0.1) is 45.7 Å². The number of aromatic nitrogens is 3. The molecule has 4 aromatic rings. The molecule has 0 radical (unpaired) electrons. The SMILES string of the molecule is N#Cc1ccc(OC2CCC(NC(=O)c3ccc(N4CCC(CN5CCC(n6ncc7c(N8CCC(=O)NC8=O)cccc76)CC5)CC4)nc3)CC2)cc1Cl. The van der Waals surface area contributed by atoms with Gasteiger partial charge >= 0.3 is 6.03 Å². The van der Waals surface area contributed by atoms with Crippen molar-refractivity contribution in [2.24, 2.45) is 5.92 Å². The number of hydrogen-bond acceptors (Lipinski definition) is 9. The maximum absolute atomic E-state index is 13.1. The maximum Gasteiger partial charge on any atom is 0.328 e. The molecule has 0 bridgehead atoms. The number of pyridine rings is 1. The van der Waals surface area contributed by atoms with Crippen LogP contribution in [0.2, 0.25) is 5.02 Å². The first-order chi connectivity index (χ1) is 26.8. The number of nitrogens with zero attached hydrogens (tertiary/aromatic N) is 7. The molecule has 3 aliphatic heterocycles. The minimum Gasteiger partial charge on any atom is -0.490 e. The summed E-state index contributed by atoms with van der Waals surface area (Å²) < 4.78 is 8.22. The van der Waals surface area contributed by atoms with Gasteiger partial charge in [0.1, 0.15) is 17.6 Å². The molecule has 1 saturated carbocycles. The number of hydrogen-bond donors (Lipinski definition) is 2. The number of amides is 4. The highest BCUT2D eigenvalue weighted by molar-refractivity contribution is 6.31. The number of halogens is 1. The number of nitriles is 1. The van der Waals surface area contributed by atoms with Crippen LogP contribution in [0.25, 0.3) is 10.9 Å². The Bertz CT molecular complexity index is 2080. The topological polar surface area (TPSA) is 149 Å². The van der Waals surface area contributed by atoms with Gasteiger partial charge in [-0.25, -0.2) is 9.78 Å². The zero-order chi connectivity index (χ0) is 37.9. The lowest BCUT2D eigenvalue weighted by Crippen LogP contribution is -2.49. The lowest BCUT2D eigenvalue weighted by atomic mass is 9.92. The maximum atomic E-state index is 13.1. The predicted octanol–water partition coefficient (Wildman–Crippen LogP) is 6.08. The fraction of sp³-hybridized carbons (Fsp3) is 0.463. The Morgan fingerprint density at radius 3 is 2.45 bits per heavy atom. The van der Waals surface area contributed by atoms with Crippen LogP contribution < -0.4 is 25.2 Å². The molecule has 286 valence electrons. The van der Waals surface area contributed by atoms with Crippen LogP contribution in [-0.4, -0.2) is 88.9 Å². The second-order valence-electron chi connectivity index (χ2n) is 15.2. The molecule has 3 saturated heterocycles. The molecule has 55 heavy (non-hydrogen) atoms. The lowest BCUT2D eigenvalue weighted by Gasteiger charge is -2.38. The normalized spacial score (nSPS) is 21.7. The van der Waals surface area contributed by atoms with Crippen LogP contribution in [0, 0.1) is 17.2 Å². The van der Waals surface area contributed by atoms with Gasteiger partial charge in [0.2, 0.25) is 5.91 Å². The number of fused-ring (bicyclic) bond motifs is 1. The number of piperidine rings is 2. The first-order valence-electron chi connectivity index (χ1n) is 19.5. The molecule has 0 unspecified atom stereocenters. The lowest BCUT2D eigenvalue weighted by molar-refractivity contribution is -0.120. The van der Waals surface area contributed by atoms with Crippen molar-refractivity contribution in [2.45, 2.75) is 76.0 Å². The smallest absolute Gasteiger partial charge is 0.328 e. The molecule has 0 spiro atoms. The minimum atomic E-state index is -0.378. The van der Waals surface area contributed by atoms with Gasteiger partial charge in [-0.2, -0.15) is 10.4 Å². The van der Waals surface area contributed by atoms with E-state index in [0.717, 1.165) is 106 Å². The Labute approximate surface area is 325 Å². The van der Waals surface area contributed by atoms with Gasteiger partial charge in [-0.1, -0.05) is 17.7 Å². The van der Waals surface area contributed by atoms with Crippen LogP contribution in [0.5, 0.6) is 5.75 Å². The van der Waals surface area contributed by atoms with E-state index in [4.69, 9.17) is 26.7 Å². The second kappa shape index (κ2) is 16.3. The molecule has 8 rings (SSSR count). The molecule has 2 aromatic carbocycles. The van der Waals surface area contributed by atoms with Crippen molar-refractivity contribution in [3.63, 3.8) is 0 Å². The van der Waals surface area contributed by atoms with E-state index in [2.05, 4.69) is 42.2 Å². The van der Waals surface area contributed by atoms with Crippen molar-refractivity contribution in [2.75, 3.05) is 49.1 Å². The van der Waals surface area contributed by atoms with Crippen molar-refractivity contribution in [1.29, 1.82) is 5.26 Å². The molecule has 1 aliphatic carbocycles. The average molecular weight is 764 g/mol. The quantitative estimate of drug-likeness (QED) is 0.207. The number of rotatable bonds is 9. The van der Waals surface area contributed by atoms with Crippen molar-refractivity contribution in [3.8, 4) is 11.8 Å². The van der Waals surface area contributed by atoms with E-state index in [-0.39, 0.29) is 30.0 Å². The van der Waals surface area contributed by atoms with Gasteiger partial charge in [-0.3, -0.25) is 24.5 Å². The summed E-state index contributed by atoms with van der Waals surface area (Å²) in [6.07, 6.45) is 11.5. The molecule has 14 heteroatoms. The van der Waals surface area contributed by atoms with Crippen molar-refractivity contribution in [3.05, 3.63) is 77.1 Å². The van der Waals surface area contributed by atoms with Gasteiger partial charge in [-0.05, 0) is 93.7 Å². The summed E-state index contributed by atoms with van der Waals surface area (Å²) in [4.78, 5) is 48.5. The van der Waals surface area contributed by atoms with Gasteiger partial charge in [0.25, 0.3) is 5.91 Å². The Hall–Kier alpha value is -5.19. The van der Waals surface area contributed by atoms with Gasteiger partial charge in [0, 0.05) is 69.4 Å². The molecule has 4 fully saturated rings. The molecule has 4 amide bonds. The average Bonchev–Trinajstić information content (AvgIpc) is 3.64. The molecular formula is C41H46ClN9O4. The van der Waals surface area contributed by atoms with E-state index in [0.29, 0.717) is 46.8 Å². The van der Waals surface area contributed by atoms with Gasteiger partial charge < -0.3 is 19.9 Å². The number of carbonyl (C=O) groups excluding carboxylic acids is 3. The highest BCUT2D eigenvalue weighted by Crippen LogP contribution is 2.33. The van der Waals surface area contributed by atoms with E-state index in [1.807, 2.05) is 30.5 Å². The third-order valence-electron chi connectivity index (χ3n) is 11.7. The number of nitrogens with one attached hydrogen (secondary N) is 2. The van der Waals surface area contributed by atoms with E-state index in [1.54, 1.807) is 29.3 Å². The Morgan fingerprint density at radius 1 is 0.945 bits per heavy atom. The number of likely N-dealkylation sites (tertiary alicyclic amines) is 1. The second-order valence-corrected chi connectivity index (χ2v) is 15.6. The van der Waals surface area contributed by atoms with Gasteiger partial charge in [0.15, 0.2) is 0 Å². The highest BCUT2D eigenvalue weighted by Gasteiger charge is 2.30. The van der Waals surface area contributed by atoms with Gasteiger partial charge in [-0.15, -0.1) is 0 Å². The van der Waals surface area contributed by atoms with Crippen molar-refractivity contribution in [1.82, 2.24) is 30.3 Å². The number of ether oxygens (including phenoxy) is 1. The number of anilines is 2. The van der Waals surface area contributed by atoms with Crippen LogP contribution in [0.4, 0.5) is 16.3 Å². The van der Waals surface area contributed by atoms with Crippen LogP contribution in [0.1, 0.15) is 79.8 Å². The number of carbonyl (C=O) groups is 3. The first-order valence-corrected chi connectivity index (χ1v) is 19.9. The summed E-state index contributed by atoms with van der Waals surface area (Å²) in [5, 5.41) is 20.8. The summed E-state index contributed by atoms with van der Waals surface area (Å²) in [6, 6.07) is 17.0. The summed E-state index contributed by atoms with van der Waals surface area (Å²) in [7, 11) is 0. The third-order valence-corrected chi connectivity index (χ3v) is 12.0. The number of imide groups is 1. The Kier molecular flexibility index (Phi) is 10.9. The van der Waals surface area contributed by atoms with Crippen LogP contribution in [-0.2, 0) is 4.79 Å². The Balaban J connectivity index is 0.760. The highest BCUT2D eigenvalue weighted by atomic mass is 35.5. The third kappa shape index (κ3) is 8.26. The monoisotopic (exact) mass is 763 g/mol. The van der Waals surface area contributed by atoms with Crippen molar-refractivity contribution >= 4 is 51.9 Å².